The lowest BCUT2D eigenvalue weighted by Gasteiger charge is -2.20. The first-order chi connectivity index (χ1) is 8.52. The van der Waals surface area contributed by atoms with Crippen molar-refractivity contribution in [2.24, 2.45) is 5.92 Å². The molecule has 0 amide bonds. The Balaban J connectivity index is 2.46. The molecule has 1 aromatic rings. The van der Waals surface area contributed by atoms with E-state index in [0.29, 0.717) is 12.0 Å². The molecule has 0 aliphatic carbocycles. The molecule has 18 heavy (non-hydrogen) atoms. The van der Waals surface area contributed by atoms with Gasteiger partial charge in [0.2, 0.25) is 0 Å². The zero-order chi connectivity index (χ0) is 13.5. The number of carboxylic acids is 1. The molecule has 0 radical (unpaired) electrons. The Hall–Kier alpha value is -1.35. The summed E-state index contributed by atoms with van der Waals surface area (Å²) in [4.78, 5) is 10.6. The van der Waals surface area contributed by atoms with Gasteiger partial charge in [0.25, 0.3) is 0 Å². The zero-order valence-electron chi connectivity index (χ0n) is 11.4. The lowest BCUT2D eigenvalue weighted by Crippen LogP contribution is -2.31. The van der Waals surface area contributed by atoms with E-state index in [1.807, 2.05) is 24.3 Å². The Kier molecular flexibility index (Phi) is 5.86. The fourth-order valence-electron chi connectivity index (χ4n) is 1.78. The topological polar surface area (TPSA) is 49.3 Å². The molecule has 1 aromatic carbocycles. The van der Waals surface area contributed by atoms with Crippen LogP contribution in [0.3, 0.4) is 0 Å². The molecule has 1 rings (SSSR count). The van der Waals surface area contributed by atoms with Crippen LogP contribution in [-0.2, 0) is 17.8 Å². The number of nitrogens with one attached hydrogen (secondary N) is 1. The van der Waals surface area contributed by atoms with E-state index in [9.17, 15) is 4.79 Å². The van der Waals surface area contributed by atoms with Gasteiger partial charge in [-0.25, -0.2) is 0 Å². The molecule has 0 fully saturated rings. The molecular formula is C15H23NO2. The predicted molar refractivity (Wildman–Crippen MR) is 73.5 cm³/mol. The van der Waals surface area contributed by atoms with Gasteiger partial charge in [-0.1, -0.05) is 44.5 Å². The second-order valence-corrected chi connectivity index (χ2v) is 4.94. The predicted octanol–water partition coefficient (Wildman–Crippen LogP) is 2.84. The van der Waals surface area contributed by atoms with Crippen molar-refractivity contribution in [3.63, 3.8) is 0 Å². The van der Waals surface area contributed by atoms with E-state index in [1.54, 1.807) is 0 Å². The van der Waals surface area contributed by atoms with Crippen LogP contribution in [-0.4, -0.2) is 17.1 Å². The summed E-state index contributed by atoms with van der Waals surface area (Å²) in [6.07, 6.45) is 1.27. The second-order valence-electron chi connectivity index (χ2n) is 4.94. The van der Waals surface area contributed by atoms with Crippen LogP contribution >= 0.6 is 0 Å². The quantitative estimate of drug-likeness (QED) is 0.781. The highest BCUT2D eigenvalue weighted by Crippen LogP contribution is 2.09. The molecular weight excluding hydrogens is 226 g/mol. The lowest BCUT2D eigenvalue weighted by molar-refractivity contribution is -0.136. The Bertz CT molecular complexity index is 373. The maximum Gasteiger partial charge on any atom is 0.307 e. The summed E-state index contributed by atoms with van der Waals surface area (Å²) in [5.74, 6) is -0.123. The van der Waals surface area contributed by atoms with E-state index in [1.165, 1.54) is 12.0 Å². The summed E-state index contributed by atoms with van der Waals surface area (Å²) in [6.45, 7) is 7.48. The van der Waals surface area contributed by atoms with Crippen LogP contribution in [0.15, 0.2) is 24.3 Å². The van der Waals surface area contributed by atoms with Crippen LogP contribution in [0, 0.1) is 5.92 Å². The van der Waals surface area contributed by atoms with Gasteiger partial charge in [0, 0.05) is 12.6 Å². The average molecular weight is 249 g/mol. The highest BCUT2D eigenvalue weighted by atomic mass is 16.4. The van der Waals surface area contributed by atoms with Crippen molar-refractivity contribution in [1.29, 1.82) is 0 Å². The SMILES string of the molecule is CCC(C)C(C)NCc1ccc(CC(=O)O)cc1. The first-order valence-corrected chi connectivity index (χ1v) is 6.56. The summed E-state index contributed by atoms with van der Waals surface area (Å²) in [5.41, 5.74) is 2.04. The van der Waals surface area contributed by atoms with Crippen molar-refractivity contribution in [3.05, 3.63) is 35.4 Å². The fourth-order valence-corrected chi connectivity index (χ4v) is 1.78. The van der Waals surface area contributed by atoms with Crippen LogP contribution in [0.25, 0.3) is 0 Å². The van der Waals surface area contributed by atoms with E-state index >= 15 is 0 Å². The van der Waals surface area contributed by atoms with Crippen LogP contribution in [0.5, 0.6) is 0 Å². The first-order valence-electron chi connectivity index (χ1n) is 6.56. The molecule has 2 N–H and O–H groups in total. The van der Waals surface area contributed by atoms with Crippen molar-refractivity contribution in [2.75, 3.05) is 0 Å². The molecule has 0 saturated heterocycles. The van der Waals surface area contributed by atoms with Crippen molar-refractivity contribution in [1.82, 2.24) is 5.32 Å². The number of aliphatic carboxylic acids is 1. The minimum Gasteiger partial charge on any atom is -0.481 e. The van der Waals surface area contributed by atoms with E-state index in [-0.39, 0.29) is 6.42 Å². The molecule has 0 bridgehead atoms. The fraction of sp³-hybridized carbons (Fsp3) is 0.533. The molecule has 3 nitrogen and oxygen atoms in total. The first kappa shape index (κ1) is 14.7. The maximum absolute atomic E-state index is 10.6. The summed E-state index contributed by atoms with van der Waals surface area (Å²) in [6, 6.07) is 8.26. The van der Waals surface area contributed by atoms with E-state index in [0.717, 1.165) is 12.1 Å². The Labute approximate surface area is 109 Å². The van der Waals surface area contributed by atoms with Crippen molar-refractivity contribution in [3.8, 4) is 0 Å². The zero-order valence-corrected chi connectivity index (χ0v) is 11.4. The number of carboxylic acid groups (broad SMARTS) is 1. The monoisotopic (exact) mass is 249 g/mol. The van der Waals surface area contributed by atoms with Gasteiger partial charge in [-0.15, -0.1) is 0 Å². The minimum atomic E-state index is -0.786. The third kappa shape index (κ3) is 4.88. The van der Waals surface area contributed by atoms with Gasteiger partial charge < -0.3 is 10.4 Å². The molecule has 2 atom stereocenters. The van der Waals surface area contributed by atoms with Gasteiger partial charge in [0.15, 0.2) is 0 Å². The maximum atomic E-state index is 10.6. The molecule has 0 aromatic heterocycles. The van der Waals surface area contributed by atoms with E-state index in [2.05, 4.69) is 26.1 Å². The van der Waals surface area contributed by atoms with E-state index in [4.69, 9.17) is 5.11 Å². The second kappa shape index (κ2) is 7.17. The summed E-state index contributed by atoms with van der Waals surface area (Å²) in [5, 5.41) is 12.2. The number of hydrogen-bond acceptors (Lipinski definition) is 2. The molecule has 0 saturated carbocycles. The standard InChI is InChI=1S/C15H23NO2/c1-4-11(2)12(3)16-10-14-7-5-13(6-8-14)9-15(17)18/h5-8,11-12,16H,4,9-10H2,1-3H3,(H,17,18). The van der Waals surface area contributed by atoms with Crippen LogP contribution in [0.1, 0.15) is 38.3 Å². The molecule has 0 heterocycles. The highest BCUT2D eigenvalue weighted by molar-refractivity contribution is 5.70. The van der Waals surface area contributed by atoms with Crippen molar-refractivity contribution in [2.45, 2.75) is 46.2 Å². The van der Waals surface area contributed by atoms with Gasteiger partial charge in [0.1, 0.15) is 0 Å². The van der Waals surface area contributed by atoms with Crippen molar-refractivity contribution >= 4 is 5.97 Å². The normalized spacial score (nSPS) is 14.2. The van der Waals surface area contributed by atoms with Crippen LogP contribution in [0.4, 0.5) is 0 Å². The smallest absolute Gasteiger partial charge is 0.307 e. The minimum absolute atomic E-state index is 0.0942. The van der Waals surface area contributed by atoms with Crippen LogP contribution < -0.4 is 5.32 Å². The largest absolute Gasteiger partial charge is 0.481 e. The van der Waals surface area contributed by atoms with Gasteiger partial charge in [-0.3, -0.25) is 4.79 Å². The van der Waals surface area contributed by atoms with Crippen molar-refractivity contribution < 1.29 is 9.90 Å². The summed E-state index contributed by atoms with van der Waals surface area (Å²) < 4.78 is 0. The van der Waals surface area contributed by atoms with Gasteiger partial charge in [-0.2, -0.15) is 0 Å². The number of hydrogen-bond donors (Lipinski definition) is 2. The summed E-state index contributed by atoms with van der Waals surface area (Å²) >= 11 is 0. The Morgan fingerprint density at radius 2 is 1.78 bits per heavy atom. The number of benzene rings is 1. The van der Waals surface area contributed by atoms with Gasteiger partial charge in [-0.05, 0) is 24.0 Å². The molecule has 100 valence electrons. The average Bonchev–Trinajstić information content (AvgIpc) is 2.36. The Morgan fingerprint density at radius 1 is 1.22 bits per heavy atom. The van der Waals surface area contributed by atoms with Gasteiger partial charge in [0.05, 0.1) is 6.42 Å². The molecule has 0 spiro atoms. The molecule has 0 aliphatic heterocycles. The molecule has 3 heteroatoms. The van der Waals surface area contributed by atoms with Crippen LogP contribution in [0.2, 0.25) is 0 Å². The number of carbonyl (C=O) groups is 1. The Morgan fingerprint density at radius 3 is 2.28 bits per heavy atom. The third-order valence-corrected chi connectivity index (χ3v) is 3.50. The summed E-state index contributed by atoms with van der Waals surface area (Å²) in [7, 11) is 0. The van der Waals surface area contributed by atoms with E-state index < -0.39 is 5.97 Å². The van der Waals surface area contributed by atoms with Gasteiger partial charge >= 0.3 is 5.97 Å². The lowest BCUT2D eigenvalue weighted by atomic mass is 10.0. The molecule has 2 unspecified atom stereocenters. The number of rotatable bonds is 7. The highest BCUT2D eigenvalue weighted by Gasteiger charge is 2.09. The molecule has 0 aliphatic rings. The third-order valence-electron chi connectivity index (χ3n) is 3.50.